The van der Waals surface area contributed by atoms with E-state index in [9.17, 15) is 4.79 Å². The number of nitrogens with one attached hydrogen (secondary N) is 1. The zero-order valence-electron chi connectivity index (χ0n) is 16.1. The van der Waals surface area contributed by atoms with Gasteiger partial charge in [-0.25, -0.2) is 4.79 Å². The van der Waals surface area contributed by atoms with Gasteiger partial charge in [0, 0.05) is 45.5 Å². The molecular formula is C18H31N5O3. The smallest absolute Gasteiger partial charge is 0.322 e. The van der Waals surface area contributed by atoms with Gasteiger partial charge in [0.05, 0.1) is 37.2 Å². The van der Waals surface area contributed by atoms with Gasteiger partial charge in [-0.2, -0.15) is 5.10 Å². The number of methoxy groups -OCH3 is 1. The third kappa shape index (κ3) is 4.96. The molecule has 1 aromatic heterocycles. The minimum absolute atomic E-state index is 0.0341. The van der Waals surface area contributed by atoms with Crippen molar-refractivity contribution < 1.29 is 14.3 Å². The zero-order chi connectivity index (χ0) is 18.5. The van der Waals surface area contributed by atoms with Gasteiger partial charge in [0.25, 0.3) is 0 Å². The van der Waals surface area contributed by atoms with Gasteiger partial charge in [-0.05, 0) is 26.7 Å². The maximum absolute atomic E-state index is 12.7. The molecule has 0 radical (unpaired) electrons. The van der Waals surface area contributed by atoms with Crippen LogP contribution in [0.2, 0.25) is 0 Å². The van der Waals surface area contributed by atoms with Crippen LogP contribution in [-0.2, 0) is 16.0 Å². The summed E-state index contributed by atoms with van der Waals surface area (Å²) in [6.07, 6.45) is 6.14. The third-order valence-electron chi connectivity index (χ3n) is 5.01. The zero-order valence-corrected chi connectivity index (χ0v) is 16.1. The van der Waals surface area contributed by atoms with Crippen molar-refractivity contribution in [2.24, 2.45) is 0 Å². The molecule has 2 aliphatic heterocycles. The Morgan fingerprint density at radius 1 is 1.38 bits per heavy atom. The van der Waals surface area contributed by atoms with E-state index >= 15 is 0 Å². The Labute approximate surface area is 155 Å². The van der Waals surface area contributed by atoms with Crippen LogP contribution >= 0.6 is 0 Å². The number of morpholine rings is 1. The summed E-state index contributed by atoms with van der Waals surface area (Å²) in [5, 5.41) is 7.23. The number of amides is 2. The number of carbonyl (C=O) groups excluding carboxylic acids is 1. The maximum atomic E-state index is 12.7. The Morgan fingerprint density at radius 3 is 2.88 bits per heavy atom. The van der Waals surface area contributed by atoms with Gasteiger partial charge in [-0.15, -0.1) is 0 Å². The van der Waals surface area contributed by atoms with Crippen LogP contribution in [0.5, 0.6) is 0 Å². The first-order valence-corrected chi connectivity index (χ1v) is 9.52. The van der Waals surface area contributed by atoms with Crippen molar-refractivity contribution in [1.82, 2.24) is 19.6 Å². The van der Waals surface area contributed by atoms with Crippen LogP contribution in [0.25, 0.3) is 0 Å². The van der Waals surface area contributed by atoms with Crippen molar-refractivity contribution in [3.05, 3.63) is 12.4 Å². The highest BCUT2D eigenvalue weighted by Gasteiger charge is 2.32. The molecule has 0 aliphatic carbocycles. The van der Waals surface area contributed by atoms with Crippen LogP contribution in [0.15, 0.2) is 12.4 Å². The molecule has 1 N–H and O–H groups in total. The first-order chi connectivity index (χ1) is 12.5. The van der Waals surface area contributed by atoms with Gasteiger partial charge < -0.3 is 19.7 Å². The van der Waals surface area contributed by atoms with E-state index in [1.807, 2.05) is 11.1 Å². The molecule has 2 amide bonds. The second kappa shape index (κ2) is 8.83. The van der Waals surface area contributed by atoms with E-state index in [0.717, 1.165) is 44.7 Å². The van der Waals surface area contributed by atoms with Crippen molar-refractivity contribution in [3.63, 3.8) is 0 Å². The molecule has 8 nitrogen and oxygen atoms in total. The fourth-order valence-corrected chi connectivity index (χ4v) is 3.95. The largest absolute Gasteiger partial charge is 0.383 e. The van der Waals surface area contributed by atoms with Gasteiger partial charge in [0.2, 0.25) is 0 Å². The van der Waals surface area contributed by atoms with Crippen molar-refractivity contribution in [2.45, 2.75) is 51.5 Å². The topological polar surface area (TPSA) is 71.9 Å². The van der Waals surface area contributed by atoms with Gasteiger partial charge in [-0.3, -0.25) is 9.58 Å². The number of carbonyl (C=O) groups is 1. The number of aromatic nitrogens is 2. The number of ether oxygens (including phenoxy) is 2. The van der Waals surface area contributed by atoms with E-state index in [1.54, 1.807) is 18.0 Å². The minimum Gasteiger partial charge on any atom is -0.383 e. The Kier molecular flexibility index (Phi) is 6.50. The van der Waals surface area contributed by atoms with E-state index in [1.165, 1.54) is 0 Å². The minimum atomic E-state index is -0.0341. The van der Waals surface area contributed by atoms with Gasteiger partial charge in [-0.1, -0.05) is 0 Å². The van der Waals surface area contributed by atoms with Gasteiger partial charge in [0.15, 0.2) is 0 Å². The lowest BCUT2D eigenvalue weighted by Crippen LogP contribution is -2.51. The lowest BCUT2D eigenvalue weighted by molar-refractivity contribution is -0.0712. The molecule has 8 heteroatoms. The summed E-state index contributed by atoms with van der Waals surface area (Å²) >= 11 is 0. The average molecular weight is 365 g/mol. The summed E-state index contributed by atoms with van der Waals surface area (Å²) in [6.45, 7) is 9.09. The molecule has 2 saturated heterocycles. The van der Waals surface area contributed by atoms with Crippen LogP contribution in [0.1, 0.15) is 26.7 Å². The first kappa shape index (κ1) is 19.1. The molecule has 26 heavy (non-hydrogen) atoms. The van der Waals surface area contributed by atoms with E-state index in [0.29, 0.717) is 13.2 Å². The summed E-state index contributed by atoms with van der Waals surface area (Å²) in [7, 11) is 1.66. The Hall–Kier alpha value is -1.64. The summed E-state index contributed by atoms with van der Waals surface area (Å²) < 4.78 is 12.6. The highest BCUT2D eigenvalue weighted by molar-refractivity contribution is 5.89. The highest BCUT2D eigenvalue weighted by Crippen LogP contribution is 2.21. The standard InChI is InChI=1S/C18H31N5O3/c1-14-10-21(11-15(2)26-14)13-17-5-4-6-23(17)18(24)20-16-9-19-22(12-16)7-8-25-3/h9,12,14-15,17H,4-8,10-11,13H2,1-3H3,(H,20,24). The second-order valence-electron chi connectivity index (χ2n) is 7.38. The molecular weight excluding hydrogens is 334 g/mol. The molecule has 1 aromatic rings. The van der Waals surface area contributed by atoms with E-state index < -0.39 is 0 Å². The molecule has 2 aliphatic rings. The van der Waals surface area contributed by atoms with Crippen LogP contribution in [0.3, 0.4) is 0 Å². The number of hydrogen-bond acceptors (Lipinski definition) is 5. The number of nitrogens with zero attached hydrogens (tertiary/aromatic N) is 4. The fourth-order valence-electron chi connectivity index (χ4n) is 3.95. The summed E-state index contributed by atoms with van der Waals surface area (Å²) in [6, 6.07) is 0.226. The number of likely N-dealkylation sites (tertiary alicyclic amines) is 1. The van der Waals surface area contributed by atoms with E-state index in [2.05, 4.69) is 29.2 Å². The third-order valence-corrected chi connectivity index (χ3v) is 5.01. The van der Waals surface area contributed by atoms with Crippen LogP contribution < -0.4 is 5.32 Å². The Morgan fingerprint density at radius 2 is 2.15 bits per heavy atom. The number of rotatable bonds is 6. The molecule has 146 valence electrons. The number of hydrogen-bond donors (Lipinski definition) is 1. The summed E-state index contributed by atoms with van der Waals surface area (Å²) in [5.41, 5.74) is 0.727. The Balaban J connectivity index is 1.53. The van der Waals surface area contributed by atoms with E-state index in [4.69, 9.17) is 9.47 Å². The molecule has 3 heterocycles. The summed E-state index contributed by atoms with van der Waals surface area (Å²) in [4.78, 5) is 17.1. The predicted molar refractivity (Wildman–Crippen MR) is 99.3 cm³/mol. The van der Waals surface area contributed by atoms with Crippen molar-refractivity contribution in [1.29, 1.82) is 0 Å². The lowest BCUT2D eigenvalue weighted by atomic mass is 10.1. The Bertz CT molecular complexity index is 583. The average Bonchev–Trinajstić information content (AvgIpc) is 3.21. The molecule has 0 aromatic carbocycles. The van der Waals surface area contributed by atoms with Gasteiger partial charge in [0.1, 0.15) is 0 Å². The summed E-state index contributed by atoms with van der Waals surface area (Å²) in [5.74, 6) is 0. The number of urea groups is 1. The molecule has 3 atom stereocenters. The second-order valence-corrected chi connectivity index (χ2v) is 7.38. The quantitative estimate of drug-likeness (QED) is 0.830. The monoisotopic (exact) mass is 365 g/mol. The maximum Gasteiger partial charge on any atom is 0.322 e. The molecule has 0 bridgehead atoms. The van der Waals surface area contributed by atoms with Crippen molar-refractivity contribution in [3.8, 4) is 0 Å². The highest BCUT2D eigenvalue weighted by atomic mass is 16.5. The molecule has 2 fully saturated rings. The van der Waals surface area contributed by atoms with Gasteiger partial charge >= 0.3 is 6.03 Å². The van der Waals surface area contributed by atoms with Crippen LogP contribution in [0, 0.1) is 0 Å². The number of anilines is 1. The molecule has 0 spiro atoms. The molecule has 3 unspecified atom stereocenters. The molecule has 3 rings (SSSR count). The van der Waals surface area contributed by atoms with Crippen LogP contribution in [-0.4, -0.2) is 83.8 Å². The first-order valence-electron chi connectivity index (χ1n) is 9.52. The normalized spacial score (nSPS) is 27.0. The fraction of sp³-hybridized carbons (Fsp3) is 0.778. The lowest BCUT2D eigenvalue weighted by Gasteiger charge is -2.38. The predicted octanol–water partition coefficient (Wildman–Crippen LogP) is 1.63. The van der Waals surface area contributed by atoms with Crippen molar-refractivity contribution >= 4 is 11.7 Å². The van der Waals surface area contributed by atoms with E-state index in [-0.39, 0.29) is 24.3 Å². The van der Waals surface area contributed by atoms with Crippen molar-refractivity contribution in [2.75, 3.05) is 45.2 Å². The molecule has 0 saturated carbocycles. The van der Waals surface area contributed by atoms with Crippen LogP contribution in [0.4, 0.5) is 10.5 Å². The SMILES string of the molecule is COCCn1cc(NC(=O)N2CCCC2CN2CC(C)OC(C)C2)cn1.